The number of thioether (sulfide) groups is 1. The third-order valence-corrected chi connectivity index (χ3v) is 3.10. The van der Waals surface area contributed by atoms with Crippen molar-refractivity contribution in [2.45, 2.75) is 12.7 Å². The maximum absolute atomic E-state index is 7.49. The Kier molecular flexibility index (Phi) is 4.36. The lowest BCUT2D eigenvalue weighted by Gasteiger charge is -1.95. The Bertz CT molecular complexity index is 630. The van der Waals surface area contributed by atoms with Gasteiger partial charge in [0.1, 0.15) is 0 Å². The molecule has 0 spiro atoms. The molecule has 0 radical (unpaired) electrons. The lowest BCUT2D eigenvalue weighted by molar-refractivity contribution is 0.392. The molecule has 1 heterocycles. The van der Waals surface area contributed by atoms with E-state index >= 15 is 0 Å². The van der Waals surface area contributed by atoms with Crippen LogP contribution < -0.4 is 11.5 Å². The predicted molar refractivity (Wildman–Crippen MR) is 79.3 cm³/mol. The largest absolute Gasteiger partial charge is 0.370 e. The number of hydrogen-bond acceptors (Lipinski definition) is 5. The van der Waals surface area contributed by atoms with E-state index in [9.17, 15) is 0 Å². The van der Waals surface area contributed by atoms with E-state index in [1.165, 1.54) is 5.56 Å². The van der Waals surface area contributed by atoms with Crippen LogP contribution in [0.3, 0.4) is 0 Å². The highest BCUT2D eigenvalue weighted by Crippen LogP contribution is 2.19. The number of guanidine groups is 1. The van der Waals surface area contributed by atoms with Crippen LogP contribution in [0, 0.1) is 12.3 Å². The zero-order chi connectivity index (χ0) is 14.5. The van der Waals surface area contributed by atoms with Crippen LogP contribution in [0.25, 0.3) is 11.4 Å². The highest BCUT2D eigenvalue weighted by atomic mass is 32.2. The molecule has 104 valence electrons. The van der Waals surface area contributed by atoms with Crippen LogP contribution in [0.15, 0.2) is 33.8 Å². The summed E-state index contributed by atoms with van der Waals surface area (Å²) in [7, 11) is 0. The maximum Gasteiger partial charge on any atom is 0.237 e. The quantitative estimate of drug-likeness (QED) is 0.580. The Morgan fingerprint density at radius 1 is 1.35 bits per heavy atom. The van der Waals surface area contributed by atoms with Crippen molar-refractivity contribution >= 4 is 22.9 Å². The van der Waals surface area contributed by atoms with Crippen molar-refractivity contribution in [2.24, 2.45) is 16.5 Å². The molecular formula is C12H14N6OS. The van der Waals surface area contributed by atoms with Crippen LogP contribution in [0.5, 0.6) is 0 Å². The molecule has 0 amide bonds. The van der Waals surface area contributed by atoms with Gasteiger partial charge in [0.25, 0.3) is 0 Å². The first-order valence-electron chi connectivity index (χ1n) is 5.75. The summed E-state index contributed by atoms with van der Waals surface area (Å²) in [4.78, 5) is 7.85. The van der Waals surface area contributed by atoms with Crippen molar-refractivity contribution in [3.63, 3.8) is 0 Å². The molecule has 2 rings (SSSR count). The van der Waals surface area contributed by atoms with Gasteiger partial charge in [0.2, 0.25) is 11.7 Å². The molecule has 5 N–H and O–H groups in total. The minimum atomic E-state index is -0.145. The Morgan fingerprint density at radius 3 is 2.70 bits per heavy atom. The summed E-state index contributed by atoms with van der Waals surface area (Å²) in [6.07, 6.45) is 0. The van der Waals surface area contributed by atoms with E-state index in [1.807, 2.05) is 31.2 Å². The number of nitrogens with zero attached hydrogens (tertiary/aromatic N) is 3. The van der Waals surface area contributed by atoms with E-state index in [-0.39, 0.29) is 11.1 Å². The molecule has 1 aromatic carbocycles. The SMILES string of the molecule is Cc1ccc(-c2noc(CSC(=N)N=C(N)N)n2)cc1. The summed E-state index contributed by atoms with van der Waals surface area (Å²) in [5.41, 5.74) is 12.4. The van der Waals surface area contributed by atoms with Crippen molar-refractivity contribution in [2.75, 3.05) is 0 Å². The topological polar surface area (TPSA) is 127 Å². The van der Waals surface area contributed by atoms with Crippen molar-refractivity contribution < 1.29 is 4.52 Å². The molecule has 0 unspecified atom stereocenters. The monoisotopic (exact) mass is 290 g/mol. The number of benzene rings is 1. The summed E-state index contributed by atoms with van der Waals surface area (Å²) in [6.45, 7) is 2.01. The first kappa shape index (κ1) is 14.1. The second kappa shape index (κ2) is 6.20. The molecule has 0 fully saturated rings. The zero-order valence-electron chi connectivity index (χ0n) is 10.8. The van der Waals surface area contributed by atoms with Gasteiger partial charge in [-0.05, 0) is 6.92 Å². The fourth-order valence-corrected chi connectivity index (χ4v) is 1.96. The van der Waals surface area contributed by atoms with Crippen LogP contribution >= 0.6 is 11.8 Å². The molecule has 2 aromatic rings. The maximum atomic E-state index is 7.49. The standard InChI is InChI=1S/C12H14N6OS/c1-7-2-4-8(5-3-7)10-16-9(19-18-10)6-20-12(15)17-11(13)14/h2-5H,6H2,1H3,(H5,13,14,15,17). The van der Waals surface area contributed by atoms with E-state index in [0.29, 0.717) is 17.5 Å². The minimum Gasteiger partial charge on any atom is -0.370 e. The van der Waals surface area contributed by atoms with Gasteiger partial charge >= 0.3 is 0 Å². The van der Waals surface area contributed by atoms with Gasteiger partial charge in [-0.15, -0.1) is 0 Å². The van der Waals surface area contributed by atoms with Crippen LogP contribution in [0.2, 0.25) is 0 Å². The number of hydrogen-bond donors (Lipinski definition) is 3. The average molecular weight is 290 g/mol. The molecule has 0 aliphatic heterocycles. The lowest BCUT2D eigenvalue weighted by atomic mass is 10.1. The van der Waals surface area contributed by atoms with Crippen LogP contribution in [0.4, 0.5) is 0 Å². The Hall–Kier alpha value is -2.35. The summed E-state index contributed by atoms with van der Waals surface area (Å²) in [5.74, 6) is 1.14. The van der Waals surface area contributed by atoms with Crippen molar-refractivity contribution in [3.05, 3.63) is 35.7 Å². The summed E-state index contributed by atoms with van der Waals surface area (Å²) in [5, 5.41) is 11.4. The third-order valence-electron chi connectivity index (χ3n) is 2.34. The average Bonchev–Trinajstić information content (AvgIpc) is 2.85. The molecule has 7 nitrogen and oxygen atoms in total. The van der Waals surface area contributed by atoms with E-state index in [4.69, 9.17) is 21.4 Å². The van der Waals surface area contributed by atoms with Crippen LogP contribution in [-0.2, 0) is 5.75 Å². The predicted octanol–water partition coefficient (Wildman–Crippen LogP) is 1.49. The van der Waals surface area contributed by atoms with Gasteiger partial charge in [-0.2, -0.15) is 9.98 Å². The molecule has 0 aliphatic rings. The lowest BCUT2D eigenvalue weighted by Crippen LogP contribution is -2.23. The van der Waals surface area contributed by atoms with Crippen LogP contribution in [-0.4, -0.2) is 21.3 Å². The first-order chi connectivity index (χ1) is 9.54. The molecule has 0 saturated carbocycles. The van der Waals surface area contributed by atoms with Crippen LogP contribution in [0.1, 0.15) is 11.5 Å². The summed E-state index contributed by atoms with van der Waals surface area (Å²) in [6, 6.07) is 7.82. The van der Waals surface area contributed by atoms with Gasteiger partial charge < -0.3 is 16.0 Å². The number of rotatable bonds is 3. The molecule has 0 bridgehead atoms. The molecular weight excluding hydrogens is 276 g/mol. The highest BCUT2D eigenvalue weighted by Gasteiger charge is 2.09. The third kappa shape index (κ3) is 3.82. The minimum absolute atomic E-state index is 0.0000795. The molecule has 1 aromatic heterocycles. The van der Waals surface area contributed by atoms with Crippen molar-refractivity contribution in [1.82, 2.24) is 10.1 Å². The summed E-state index contributed by atoms with van der Waals surface area (Å²) < 4.78 is 5.12. The zero-order valence-corrected chi connectivity index (χ0v) is 11.6. The summed E-state index contributed by atoms with van der Waals surface area (Å²) >= 11 is 1.11. The second-order valence-corrected chi connectivity index (χ2v) is 4.97. The van der Waals surface area contributed by atoms with Gasteiger partial charge in [0.05, 0.1) is 5.75 Å². The van der Waals surface area contributed by atoms with Gasteiger partial charge in [-0.3, -0.25) is 5.41 Å². The van der Waals surface area contributed by atoms with Crippen molar-refractivity contribution in [3.8, 4) is 11.4 Å². The number of aliphatic imine (C=N–C) groups is 1. The Labute approximate surface area is 120 Å². The van der Waals surface area contributed by atoms with Gasteiger partial charge in [0, 0.05) is 5.56 Å². The normalized spacial score (nSPS) is 10.2. The van der Waals surface area contributed by atoms with Gasteiger partial charge in [-0.25, -0.2) is 0 Å². The number of nitrogens with one attached hydrogen (secondary N) is 1. The van der Waals surface area contributed by atoms with E-state index in [0.717, 1.165) is 17.3 Å². The first-order valence-corrected chi connectivity index (χ1v) is 6.74. The van der Waals surface area contributed by atoms with E-state index < -0.39 is 0 Å². The Morgan fingerprint density at radius 2 is 2.05 bits per heavy atom. The number of nitrogens with two attached hydrogens (primary N) is 2. The fourth-order valence-electron chi connectivity index (χ4n) is 1.41. The van der Waals surface area contributed by atoms with Gasteiger partial charge in [0.15, 0.2) is 11.1 Å². The van der Waals surface area contributed by atoms with E-state index in [2.05, 4.69) is 15.1 Å². The Balaban J connectivity index is 2.01. The fraction of sp³-hybridized carbons (Fsp3) is 0.167. The molecule has 0 atom stereocenters. The number of amidine groups is 1. The molecule has 0 saturated heterocycles. The molecule has 20 heavy (non-hydrogen) atoms. The second-order valence-electron chi connectivity index (χ2n) is 4.01. The smallest absolute Gasteiger partial charge is 0.237 e. The van der Waals surface area contributed by atoms with Crippen molar-refractivity contribution in [1.29, 1.82) is 5.41 Å². The van der Waals surface area contributed by atoms with E-state index in [1.54, 1.807) is 0 Å². The highest BCUT2D eigenvalue weighted by molar-refractivity contribution is 8.13. The van der Waals surface area contributed by atoms with Gasteiger partial charge in [-0.1, -0.05) is 46.7 Å². The molecule has 0 aliphatic carbocycles. The molecule has 8 heteroatoms. The number of aromatic nitrogens is 2. The number of aryl methyl sites for hydroxylation is 1.